The summed E-state index contributed by atoms with van der Waals surface area (Å²) in [6, 6.07) is 0. The number of nitriles is 1. The van der Waals surface area contributed by atoms with E-state index < -0.39 is 0 Å². The zero-order valence-electron chi connectivity index (χ0n) is 6.91. The van der Waals surface area contributed by atoms with E-state index in [4.69, 9.17) is 5.26 Å². The van der Waals surface area contributed by atoms with Crippen molar-refractivity contribution < 1.29 is 0 Å². The van der Waals surface area contributed by atoms with E-state index in [9.17, 15) is 0 Å². The Labute approximate surface area is 76.5 Å². The number of hydrogen-bond donors (Lipinski definition) is 0. The fourth-order valence-corrected chi connectivity index (χ4v) is 0.646. The molecule has 1 aliphatic heterocycles. The van der Waals surface area contributed by atoms with E-state index in [0.717, 1.165) is 0 Å². The van der Waals surface area contributed by atoms with Gasteiger partial charge in [0.2, 0.25) is 0 Å². The Kier molecular flexibility index (Phi) is 3.78. The number of rotatable bonds is 0. The zero-order chi connectivity index (χ0) is 9.36. The van der Waals surface area contributed by atoms with Gasteiger partial charge in [-0.1, -0.05) is 12.2 Å². The average Bonchev–Trinajstić information content (AvgIpc) is 2.22. The summed E-state index contributed by atoms with van der Waals surface area (Å²) in [6.45, 7) is 0. The highest BCUT2D eigenvalue weighted by molar-refractivity contribution is 5.72. The van der Waals surface area contributed by atoms with Crippen molar-refractivity contribution in [1.29, 1.82) is 5.26 Å². The minimum atomic E-state index is 1.28. The quantitative estimate of drug-likeness (QED) is 0.519. The smallest absolute Gasteiger partial charge is 0.189 e. The summed E-state index contributed by atoms with van der Waals surface area (Å²) < 4.78 is 0. The van der Waals surface area contributed by atoms with Crippen LogP contribution in [-0.4, -0.2) is 17.6 Å². The van der Waals surface area contributed by atoms with Crippen LogP contribution in [-0.2, 0) is 0 Å². The van der Waals surface area contributed by atoms with Crippen LogP contribution in [0.3, 0.4) is 0 Å². The second-order valence-corrected chi connectivity index (χ2v) is 2.10. The van der Waals surface area contributed by atoms with Crippen LogP contribution in [0.2, 0.25) is 0 Å². The third-order valence-corrected chi connectivity index (χ3v) is 1.19. The van der Waals surface area contributed by atoms with Gasteiger partial charge in [0.25, 0.3) is 0 Å². The van der Waals surface area contributed by atoms with Crippen LogP contribution in [0.25, 0.3) is 0 Å². The molecule has 0 saturated heterocycles. The standard InChI is InChI=1S/C9H8N4/c10-7-13-6-4-2-1-3-5-11-8-12-9-13/h1-6,8-9H. The molecule has 4 heteroatoms. The van der Waals surface area contributed by atoms with Crippen molar-refractivity contribution in [2.75, 3.05) is 0 Å². The molecule has 1 heterocycles. The van der Waals surface area contributed by atoms with Gasteiger partial charge in [-0.25, -0.2) is 14.9 Å². The molecule has 0 fully saturated rings. The lowest BCUT2D eigenvalue weighted by molar-refractivity contribution is 0.809. The van der Waals surface area contributed by atoms with Gasteiger partial charge in [-0.2, -0.15) is 5.26 Å². The van der Waals surface area contributed by atoms with Gasteiger partial charge in [-0.3, -0.25) is 0 Å². The summed E-state index contributed by atoms with van der Waals surface area (Å²) in [6.07, 6.45) is 15.0. The first-order valence-electron chi connectivity index (χ1n) is 3.66. The van der Waals surface area contributed by atoms with E-state index in [1.54, 1.807) is 30.6 Å². The maximum atomic E-state index is 8.59. The van der Waals surface area contributed by atoms with E-state index in [1.807, 2.05) is 12.3 Å². The van der Waals surface area contributed by atoms with E-state index in [1.165, 1.54) is 17.6 Å². The maximum Gasteiger partial charge on any atom is 0.189 e. The first-order valence-corrected chi connectivity index (χ1v) is 3.66. The summed E-state index contributed by atoms with van der Waals surface area (Å²) in [7, 11) is 0. The minimum absolute atomic E-state index is 1.28. The fourth-order valence-electron chi connectivity index (χ4n) is 0.646. The normalized spacial score (nSPS) is 15.5. The van der Waals surface area contributed by atoms with Gasteiger partial charge in [0.1, 0.15) is 12.7 Å². The molecule has 0 unspecified atom stereocenters. The molecule has 0 aromatic heterocycles. The molecule has 0 radical (unpaired) electrons. The highest BCUT2D eigenvalue weighted by Crippen LogP contribution is 1.87. The Hall–Kier alpha value is -2.15. The van der Waals surface area contributed by atoms with E-state index in [0.29, 0.717) is 0 Å². The first kappa shape index (κ1) is 8.94. The number of hydrogen-bond acceptors (Lipinski definition) is 4. The second kappa shape index (κ2) is 5.49. The summed E-state index contributed by atoms with van der Waals surface area (Å²) in [5, 5.41) is 8.59. The van der Waals surface area contributed by atoms with Crippen LogP contribution >= 0.6 is 0 Å². The highest BCUT2D eigenvalue weighted by Gasteiger charge is 1.86. The summed E-state index contributed by atoms with van der Waals surface area (Å²) >= 11 is 0. The van der Waals surface area contributed by atoms with Crippen molar-refractivity contribution in [2.45, 2.75) is 0 Å². The van der Waals surface area contributed by atoms with Gasteiger partial charge in [0, 0.05) is 12.4 Å². The lowest BCUT2D eigenvalue weighted by atomic mass is 10.4. The third kappa shape index (κ3) is 3.68. The number of nitrogens with zero attached hydrogens (tertiary/aromatic N) is 4. The second-order valence-electron chi connectivity index (χ2n) is 2.10. The molecule has 0 N–H and O–H groups in total. The molecule has 0 amide bonds. The van der Waals surface area contributed by atoms with Crippen LogP contribution in [0.1, 0.15) is 0 Å². The topological polar surface area (TPSA) is 51.8 Å². The van der Waals surface area contributed by atoms with Gasteiger partial charge in [0.15, 0.2) is 6.19 Å². The Bertz CT molecular complexity index is 302. The fraction of sp³-hybridized carbons (Fsp3) is 0. The SMILES string of the molecule is N#CN1C=CC=CC=CN=CN=C1. The average molecular weight is 172 g/mol. The summed E-state index contributed by atoms with van der Waals surface area (Å²) in [4.78, 5) is 8.89. The summed E-state index contributed by atoms with van der Waals surface area (Å²) in [5.74, 6) is 0. The van der Waals surface area contributed by atoms with Crippen molar-refractivity contribution in [1.82, 2.24) is 4.90 Å². The Morgan fingerprint density at radius 2 is 1.92 bits per heavy atom. The van der Waals surface area contributed by atoms with Crippen molar-refractivity contribution >= 4 is 12.7 Å². The van der Waals surface area contributed by atoms with Crippen LogP contribution in [0.4, 0.5) is 0 Å². The molecule has 13 heavy (non-hydrogen) atoms. The molecule has 1 rings (SSSR count). The predicted molar refractivity (Wildman–Crippen MR) is 51.9 cm³/mol. The molecule has 0 bridgehead atoms. The summed E-state index contributed by atoms with van der Waals surface area (Å²) in [5.41, 5.74) is 0. The van der Waals surface area contributed by atoms with Gasteiger partial charge in [0.05, 0.1) is 0 Å². The van der Waals surface area contributed by atoms with E-state index >= 15 is 0 Å². The molecule has 0 aromatic rings. The van der Waals surface area contributed by atoms with Crippen LogP contribution < -0.4 is 0 Å². The molecule has 0 aromatic carbocycles. The van der Waals surface area contributed by atoms with E-state index in [-0.39, 0.29) is 0 Å². The zero-order valence-corrected chi connectivity index (χ0v) is 6.91. The lowest BCUT2D eigenvalue weighted by Gasteiger charge is -1.97. The Morgan fingerprint density at radius 1 is 1.08 bits per heavy atom. The van der Waals surface area contributed by atoms with Gasteiger partial charge < -0.3 is 0 Å². The Balaban J connectivity index is 2.79. The largest absolute Gasteiger partial charge is 0.245 e. The van der Waals surface area contributed by atoms with Gasteiger partial charge in [-0.05, 0) is 12.2 Å². The van der Waals surface area contributed by atoms with E-state index in [2.05, 4.69) is 9.98 Å². The van der Waals surface area contributed by atoms with Crippen LogP contribution in [0.15, 0.2) is 46.7 Å². The number of aliphatic imine (C=N–C) groups is 2. The molecular weight excluding hydrogens is 164 g/mol. The van der Waals surface area contributed by atoms with Gasteiger partial charge >= 0.3 is 0 Å². The minimum Gasteiger partial charge on any atom is -0.245 e. The maximum absolute atomic E-state index is 8.59. The van der Waals surface area contributed by atoms with Crippen LogP contribution in [0, 0.1) is 11.5 Å². The molecule has 0 atom stereocenters. The molecular formula is C9H8N4. The van der Waals surface area contributed by atoms with Crippen molar-refractivity contribution in [3.63, 3.8) is 0 Å². The molecule has 4 nitrogen and oxygen atoms in total. The third-order valence-electron chi connectivity index (χ3n) is 1.19. The highest BCUT2D eigenvalue weighted by atomic mass is 15.1. The molecule has 0 aliphatic carbocycles. The lowest BCUT2D eigenvalue weighted by Crippen LogP contribution is -2.05. The van der Waals surface area contributed by atoms with Crippen molar-refractivity contribution in [2.24, 2.45) is 9.98 Å². The van der Waals surface area contributed by atoms with Crippen LogP contribution in [0.5, 0.6) is 0 Å². The molecule has 0 spiro atoms. The monoisotopic (exact) mass is 172 g/mol. The number of allylic oxidation sites excluding steroid dienone is 4. The van der Waals surface area contributed by atoms with Gasteiger partial charge in [-0.15, -0.1) is 0 Å². The molecule has 0 saturated carbocycles. The van der Waals surface area contributed by atoms with Crippen molar-refractivity contribution in [3.05, 3.63) is 36.7 Å². The van der Waals surface area contributed by atoms with Crippen molar-refractivity contribution in [3.8, 4) is 6.19 Å². The first-order chi connectivity index (χ1) is 6.43. The Morgan fingerprint density at radius 3 is 2.77 bits per heavy atom. The molecule has 64 valence electrons. The molecule has 1 aliphatic rings. The predicted octanol–water partition coefficient (Wildman–Crippen LogP) is 1.42.